The summed E-state index contributed by atoms with van der Waals surface area (Å²) < 4.78 is 66.2. The molecule has 2 rings (SSSR count). The highest BCUT2D eigenvalue weighted by Crippen LogP contribution is 2.45. The minimum atomic E-state index is -4.39. The van der Waals surface area contributed by atoms with Crippen LogP contribution in [-0.2, 0) is 16.6 Å². The number of sulfonamides is 1. The zero-order chi connectivity index (χ0) is 15.9. The molecule has 0 amide bonds. The van der Waals surface area contributed by atoms with Gasteiger partial charge < -0.3 is 4.57 Å². The van der Waals surface area contributed by atoms with E-state index < -0.39 is 27.7 Å². The van der Waals surface area contributed by atoms with Crippen molar-refractivity contribution in [3.8, 4) is 0 Å². The highest BCUT2D eigenvalue weighted by Gasteiger charge is 2.57. The van der Waals surface area contributed by atoms with Crippen LogP contribution in [0.3, 0.4) is 0 Å². The highest BCUT2D eigenvalue weighted by atomic mass is 32.2. The Labute approximate surface area is 121 Å². The molecule has 1 aliphatic heterocycles. The summed E-state index contributed by atoms with van der Waals surface area (Å²) >= 11 is 0. The predicted molar refractivity (Wildman–Crippen MR) is 71.0 cm³/mol. The Bertz CT molecular complexity index is 581. The average molecular weight is 325 g/mol. The fraction of sp³-hybridized carbons (Fsp3) is 0.750. The van der Waals surface area contributed by atoms with Crippen LogP contribution in [0.1, 0.15) is 20.3 Å². The lowest BCUT2D eigenvalue weighted by Crippen LogP contribution is -2.50. The Morgan fingerprint density at radius 3 is 2.52 bits per heavy atom. The van der Waals surface area contributed by atoms with Crippen LogP contribution >= 0.6 is 0 Å². The molecular weight excluding hydrogens is 307 g/mol. The van der Waals surface area contributed by atoms with Crippen LogP contribution in [0.25, 0.3) is 0 Å². The Kier molecular flexibility index (Phi) is 4.09. The number of nitrogens with zero attached hydrogens (tertiary/aromatic N) is 3. The van der Waals surface area contributed by atoms with Gasteiger partial charge in [-0.25, -0.2) is 13.4 Å². The summed E-state index contributed by atoms with van der Waals surface area (Å²) in [6.07, 6.45) is 0.0251. The topological polar surface area (TPSA) is 55.2 Å². The summed E-state index contributed by atoms with van der Waals surface area (Å²) in [5, 5.41) is 0. The van der Waals surface area contributed by atoms with Crippen molar-refractivity contribution in [1.82, 2.24) is 13.9 Å². The first kappa shape index (κ1) is 16.3. The molecule has 1 fully saturated rings. The maximum absolute atomic E-state index is 13.0. The second-order valence-corrected chi connectivity index (χ2v) is 7.74. The molecule has 1 aromatic rings. The van der Waals surface area contributed by atoms with Gasteiger partial charge in [0.05, 0.1) is 18.0 Å². The first-order valence-electron chi connectivity index (χ1n) is 6.58. The average Bonchev–Trinajstić information content (AvgIpc) is 2.92. The number of hydrogen-bond donors (Lipinski definition) is 0. The normalized spacial score (nSPS) is 23.6. The van der Waals surface area contributed by atoms with E-state index in [4.69, 9.17) is 0 Å². The monoisotopic (exact) mass is 325 g/mol. The molecule has 0 bridgehead atoms. The van der Waals surface area contributed by atoms with Crippen LogP contribution in [0.2, 0.25) is 0 Å². The van der Waals surface area contributed by atoms with E-state index in [1.54, 1.807) is 10.8 Å². The zero-order valence-corrected chi connectivity index (χ0v) is 12.7. The van der Waals surface area contributed by atoms with Crippen LogP contribution in [0.15, 0.2) is 18.7 Å². The van der Waals surface area contributed by atoms with Gasteiger partial charge in [-0.2, -0.15) is 17.5 Å². The molecule has 1 atom stereocenters. The van der Waals surface area contributed by atoms with Gasteiger partial charge in [-0.15, -0.1) is 0 Å². The van der Waals surface area contributed by atoms with Gasteiger partial charge in [0.15, 0.2) is 0 Å². The van der Waals surface area contributed by atoms with Crippen molar-refractivity contribution in [1.29, 1.82) is 0 Å². The van der Waals surface area contributed by atoms with Crippen LogP contribution in [0.4, 0.5) is 13.2 Å². The first-order chi connectivity index (χ1) is 9.55. The minimum absolute atomic E-state index is 0.0938. The van der Waals surface area contributed by atoms with E-state index in [1.807, 2.05) is 0 Å². The van der Waals surface area contributed by atoms with Gasteiger partial charge in [0.1, 0.15) is 0 Å². The number of imidazole rings is 1. The van der Waals surface area contributed by atoms with Gasteiger partial charge in [-0.05, 0) is 20.3 Å². The third kappa shape index (κ3) is 3.23. The molecule has 9 heteroatoms. The second kappa shape index (κ2) is 5.28. The van der Waals surface area contributed by atoms with Crippen molar-refractivity contribution in [2.45, 2.75) is 38.5 Å². The highest BCUT2D eigenvalue weighted by molar-refractivity contribution is 7.89. The molecule has 0 radical (unpaired) electrons. The summed E-state index contributed by atoms with van der Waals surface area (Å²) in [5.41, 5.74) is -1.45. The Morgan fingerprint density at radius 1 is 1.38 bits per heavy atom. The zero-order valence-electron chi connectivity index (χ0n) is 11.8. The molecule has 120 valence electrons. The van der Waals surface area contributed by atoms with E-state index in [0.29, 0.717) is 0 Å². The Balaban J connectivity index is 2.13. The van der Waals surface area contributed by atoms with Crippen LogP contribution < -0.4 is 0 Å². The van der Waals surface area contributed by atoms with Crippen molar-refractivity contribution < 1.29 is 21.6 Å². The number of alkyl halides is 3. The molecule has 0 aliphatic carbocycles. The van der Waals surface area contributed by atoms with E-state index >= 15 is 0 Å². The lowest BCUT2D eigenvalue weighted by molar-refractivity contribution is -0.188. The van der Waals surface area contributed by atoms with Gasteiger partial charge in [-0.1, -0.05) is 0 Å². The number of halogens is 3. The minimum Gasteiger partial charge on any atom is -0.336 e. The largest absolute Gasteiger partial charge is 0.393 e. The summed E-state index contributed by atoms with van der Waals surface area (Å²) in [6, 6.07) is 0. The van der Waals surface area contributed by atoms with Gasteiger partial charge in [0.2, 0.25) is 10.0 Å². The summed E-state index contributed by atoms with van der Waals surface area (Å²) in [5.74, 6) is -1.87. The molecule has 1 unspecified atom stereocenters. The molecule has 1 aromatic heterocycles. The molecule has 21 heavy (non-hydrogen) atoms. The van der Waals surface area contributed by atoms with E-state index in [2.05, 4.69) is 4.98 Å². The molecule has 1 aliphatic rings. The molecule has 2 heterocycles. The van der Waals surface area contributed by atoms with Crippen molar-refractivity contribution in [2.75, 3.05) is 12.3 Å². The molecule has 0 aromatic carbocycles. The molecular formula is C12H18F3N3O2S. The fourth-order valence-corrected chi connectivity index (χ4v) is 4.76. The molecule has 0 spiro atoms. The molecule has 0 saturated carbocycles. The molecule has 5 nitrogen and oxygen atoms in total. The Hall–Kier alpha value is -1.09. The predicted octanol–water partition coefficient (Wildman–Crippen LogP) is 1.88. The smallest absolute Gasteiger partial charge is 0.336 e. The van der Waals surface area contributed by atoms with Gasteiger partial charge >= 0.3 is 6.18 Å². The van der Waals surface area contributed by atoms with Gasteiger partial charge in [0.25, 0.3) is 0 Å². The first-order valence-corrected chi connectivity index (χ1v) is 8.19. The van der Waals surface area contributed by atoms with Crippen molar-refractivity contribution in [3.05, 3.63) is 18.7 Å². The van der Waals surface area contributed by atoms with Crippen molar-refractivity contribution in [2.24, 2.45) is 5.92 Å². The standard InChI is InChI=1S/C12H18F3N3O2S/c1-11(2)10(12(13,14)15)3-5-18(11)21(19,20)8-7-17-6-4-16-9-17/h4,6,9-10H,3,5,7-8H2,1-2H3. The summed E-state index contributed by atoms with van der Waals surface area (Å²) in [7, 11) is -3.75. The van der Waals surface area contributed by atoms with Crippen LogP contribution in [-0.4, -0.2) is 46.3 Å². The maximum atomic E-state index is 13.0. The fourth-order valence-electron chi connectivity index (χ4n) is 2.87. The third-order valence-corrected chi connectivity index (χ3v) is 6.04. The third-order valence-electron chi connectivity index (χ3n) is 4.01. The number of aromatic nitrogens is 2. The number of aryl methyl sites for hydroxylation is 1. The lowest BCUT2D eigenvalue weighted by atomic mass is 9.89. The maximum Gasteiger partial charge on any atom is 0.393 e. The van der Waals surface area contributed by atoms with E-state index in [-0.39, 0.29) is 25.3 Å². The summed E-state index contributed by atoms with van der Waals surface area (Å²) in [4.78, 5) is 3.80. The molecule has 1 saturated heterocycles. The van der Waals surface area contributed by atoms with Crippen molar-refractivity contribution in [3.63, 3.8) is 0 Å². The SMILES string of the molecule is CC1(C)C(C(F)(F)F)CCN1S(=O)(=O)CCn1ccnc1. The lowest BCUT2D eigenvalue weighted by Gasteiger charge is -2.35. The van der Waals surface area contributed by atoms with Crippen molar-refractivity contribution >= 4 is 10.0 Å². The van der Waals surface area contributed by atoms with E-state index in [9.17, 15) is 21.6 Å². The van der Waals surface area contributed by atoms with E-state index in [1.165, 1.54) is 26.4 Å². The Morgan fingerprint density at radius 2 is 2.05 bits per heavy atom. The van der Waals surface area contributed by atoms with Crippen LogP contribution in [0.5, 0.6) is 0 Å². The summed E-state index contributed by atoms with van der Waals surface area (Å²) in [6.45, 7) is 2.76. The quantitative estimate of drug-likeness (QED) is 0.849. The number of rotatable bonds is 4. The second-order valence-electron chi connectivity index (χ2n) is 5.73. The van der Waals surface area contributed by atoms with E-state index in [0.717, 1.165) is 4.31 Å². The van der Waals surface area contributed by atoms with Gasteiger partial charge in [0, 0.05) is 31.0 Å². The van der Waals surface area contributed by atoms with Crippen LogP contribution in [0, 0.1) is 5.92 Å². The number of hydrogen-bond acceptors (Lipinski definition) is 3. The molecule has 0 N–H and O–H groups in total. The van der Waals surface area contributed by atoms with Gasteiger partial charge in [-0.3, -0.25) is 0 Å².